The van der Waals surface area contributed by atoms with E-state index in [0.29, 0.717) is 18.0 Å². The number of methoxy groups -OCH3 is 1. The van der Waals surface area contributed by atoms with Crippen molar-refractivity contribution in [3.63, 3.8) is 0 Å². The highest BCUT2D eigenvalue weighted by Gasteiger charge is 2.07. The molecule has 2 rings (SSSR count). The minimum atomic E-state index is -0.364. The molecule has 0 radical (unpaired) electrons. The van der Waals surface area contributed by atoms with Gasteiger partial charge < -0.3 is 14.8 Å². The molecule has 1 N–H and O–H groups in total. The summed E-state index contributed by atoms with van der Waals surface area (Å²) in [5, 5.41) is 3.20. The van der Waals surface area contributed by atoms with Crippen LogP contribution in [0.3, 0.4) is 0 Å². The predicted octanol–water partition coefficient (Wildman–Crippen LogP) is 3.32. The highest BCUT2D eigenvalue weighted by atomic mass is 16.5. The van der Waals surface area contributed by atoms with E-state index >= 15 is 0 Å². The van der Waals surface area contributed by atoms with Gasteiger partial charge in [0.05, 0.1) is 19.3 Å². The summed E-state index contributed by atoms with van der Waals surface area (Å²) in [5.74, 6) is 1.11. The van der Waals surface area contributed by atoms with Crippen molar-refractivity contribution >= 4 is 17.5 Å². The van der Waals surface area contributed by atoms with Crippen LogP contribution in [0.15, 0.2) is 36.5 Å². The van der Waals surface area contributed by atoms with E-state index in [0.717, 1.165) is 17.0 Å². The standard InChI is InChI=1S/C16H18N2O3/c1-4-21-16(19)12-5-8-15(17-10-12)18-14-7-6-13(20-3)9-11(14)2/h5-10H,4H2,1-3H3,(H,17,18). The maximum Gasteiger partial charge on any atom is 0.339 e. The molecule has 0 fully saturated rings. The molecular formula is C16H18N2O3. The fraction of sp³-hybridized carbons (Fsp3) is 0.250. The van der Waals surface area contributed by atoms with Gasteiger partial charge in [0.1, 0.15) is 11.6 Å². The van der Waals surface area contributed by atoms with E-state index in [9.17, 15) is 4.79 Å². The number of ether oxygens (including phenoxy) is 2. The van der Waals surface area contributed by atoms with Crippen LogP contribution in [0.1, 0.15) is 22.8 Å². The van der Waals surface area contributed by atoms with Crippen LogP contribution in [0.2, 0.25) is 0 Å². The molecule has 21 heavy (non-hydrogen) atoms. The molecule has 110 valence electrons. The van der Waals surface area contributed by atoms with Crippen LogP contribution in [0.5, 0.6) is 5.75 Å². The number of esters is 1. The molecule has 0 spiro atoms. The van der Waals surface area contributed by atoms with Crippen LogP contribution in [0, 0.1) is 6.92 Å². The Hall–Kier alpha value is -2.56. The number of anilines is 2. The number of carbonyl (C=O) groups is 1. The monoisotopic (exact) mass is 286 g/mol. The third-order valence-electron chi connectivity index (χ3n) is 2.97. The number of rotatable bonds is 5. The van der Waals surface area contributed by atoms with Gasteiger partial charge in [0.25, 0.3) is 0 Å². The van der Waals surface area contributed by atoms with Gasteiger partial charge in [0, 0.05) is 11.9 Å². The first kappa shape index (κ1) is 14.8. The van der Waals surface area contributed by atoms with Crippen molar-refractivity contribution in [3.05, 3.63) is 47.7 Å². The number of pyridine rings is 1. The van der Waals surface area contributed by atoms with Crippen LogP contribution in [0.4, 0.5) is 11.5 Å². The van der Waals surface area contributed by atoms with E-state index < -0.39 is 0 Å². The summed E-state index contributed by atoms with van der Waals surface area (Å²) < 4.78 is 10.1. The minimum absolute atomic E-state index is 0.351. The molecular weight excluding hydrogens is 268 g/mol. The van der Waals surface area contributed by atoms with Crippen LogP contribution >= 0.6 is 0 Å². The molecule has 0 amide bonds. The molecule has 2 aromatic rings. The van der Waals surface area contributed by atoms with Crippen LogP contribution < -0.4 is 10.1 Å². The number of aryl methyl sites for hydroxylation is 1. The molecule has 0 saturated carbocycles. The number of hydrogen-bond donors (Lipinski definition) is 1. The van der Waals surface area contributed by atoms with Crippen LogP contribution in [-0.4, -0.2) is 24.7 Å². The summed E-state index contributed by atoms with van der Waals surface area (Å²) in [6.07, 6.45) is 1.50. The third kappa shape index (κ3) is 3.72. The second kappa shape index (κ2) is 6.74. The average molecular weight is 286 g/mol. The van der Waals surface area contributed by atoms with Crippen molar-refractivity contribution < 1.29 is 14.3 Å². The number of carbonyl (C=O) groups excluding carboxylic acids is 1. The molecule has 0 unspecified atom stereocenters. The molecule has 0 atom stereocenters. The fourth-order valence-corrected chi connectivity index (χ4v) is 1.84. The fourth-order valence-electron chi connectivity index (χ4n) is 1.84. The summed E-state index contributed by atoms with van der Waals surface area (Å²) in [6.45, 7) is 4.11. The molecule has 0 aliphatic heterocycles. The lowest BCUT2D eigenvalue weighted by Crippen LogP contribution is -2.05. The Labute approximate surface area is 123 Å². The zero-order chi connectivity index (χ0) is 15.2. The second-order valence-electron chi connectivity index (χ2n) is 4.46. The lowest BCUT2D eigenvalue weighted by molar-refractivity contribution is 0.0526. The number of nitrogens with one attached hydrogen (secondary N) is 1. The Morgan fingerprint density at radius 1 is 1.29 bits per heavy atom. The Morgan fingerprint density at radius 3 is 2.67 bits per heavy atom. The number of aromatic nitrogens is 1. The van der Waals surface area contributed by atoms with Gasteiger partial charge in [-0.05, 0) is 49.7 Å². The molecule has 1 aromatic heterocycles. The Bertz CT molecular complexity index is 624. The van der Waals surface area contributed by atoms with E-state index in [-0.39, 0.29) is 5.97 Å². The van der Waals surface area contributed by atoms with Crippen molar-refractivity contribution in [3.8, 4) is 5.75 Å². The normalized spacial score (nSPS) is 10.0. The van der Waals surface area contributed by atoms with Crippen molar-refractivity contribution in [1.29, 1.82) is 0 Å². The van der Waals surface area contributed by atoms with E-state index in [1.165, 1.54) is 6.20 Å². The number of benzene rings is 1. The molecule has 1 aromatic carbocycles. The maximum absolute atomic E-state index is 11.5. The van der Waals surface area contributed by atoms with Crippen LogP contribution in [0.25, 0.3) is 0 Å². The Morgan fingerprint density at radius 2 is 2.10 bits per heavy atom. The Kier molecular flexibility index (Phi) is 4.77. The Balaban J connectivity index is 2.11. The molecule has 0 bridgehead atoms. The zero-order valence-corrected chi connectivity index (χ0v) is 12.3. The summed E-state index contributed by atoms with van der Waals surface area (Å²) in [5.41, 5.74) is 2.42. The van der Waals surface area contributed by atoms with Gasteiger partial charge in [-0.1, -0.05) is 0 Å². The van der Waals surface area contributed by atoms with Crippen molar-refractivity contribution in [1.82, 2.24) is 4.98 Å². The molecule has 5 heteroatoms. The topological polar surface area (TPSA) is 60.5 Å². The van der Waals surface area contributed by atoms with Crippen molar-refractivity contribution in [2.75, 3.05) is 19.0 Å². The van der Waals surface area contributed by atoms with Gasteiger partial charge in [-0.2, -0.15) is 0 Å². The third-order valence-corrected chi connectivity index (χ3v) is 2.97. The maximum atomic E-state index is 11.5. The lowest BCUT2D eigenvalue weighted by atomic mass is 10.2. The summed E-state index contributed by atoms with van der Waals surface area (Å²) in [7, 11) is 1.64. The van der Waals surface area contributed by atoms with Crippen molar-refractivity contribution in [2.24, 2.45) is 0 Å². The summed E-state index contributed by atoms with van der Waals surface area (Å²) in [6, 6.07) is 9.18. The zero-order valence-electron chi connectivity index (χ0n) is 12.3. The van der Waals surface area contributed by atoms with Gasteiger partial charge in [-0.3, -0.25) is 0 Å². The van der Waals surface area contributed by atoms with E-state index in [4.69, 9.17) is 9.47 Å². The average Bonchev–Trinajstić information content (AvgIpc) is 2.50. The minimum Gasteiger partial charge on any atom is -0.497 e. The summed E-state index contributed by atoms with van der Waals surface area (Å²) in [4.78, 5) is 15.8. The lowest BCUT2D eigenvalue weighted by Gasteiger charge is -2.10. The number of nitrogens with zero attached hydrogens (tertiary/aromatic N) is 1. The largest absolute Gasteiger partial charge is 0.497 e. The van der Waals surface area contributed by atoms with E-state index in [1.54, 1.807) is 26.2 Å². The van der Waals surface area contributed by atoms with Gasteiger partial charge in [0.2, 0.25) is 0 Å². The van der Waals surface area contributed by atoms with Crippen LogP contribution in [-0.2, 0) is 4.74 Å². The molecule has 0 aliphatic carbocycles. The molecule has 1 heterocycles. The smallest absolute Gasteiger partial charge is 0.339 e. The first-order chi connectivity index (χ1) is 10.1. The molecule has 0 aliphatic rings. The van der Waals surface area contributed by atoms with E-state index in [1.807, 2.05) is 25.1 Å². The highest BCUT2D eigenvalue weighted by Crippen LogP contribution is 2.23. The molecule has 5 nitrogen and oxygen atoms in total. The second-order valence-corrected chi connectivity index (χ2v) is 4.46. The first-order valence-corrected chi connectivity index (χ1v) is 6.69. The van der Waals surface area contributed by atoms with Gasteiger partial charge in [0.15, 0.2) is 0 Å². The SMILES string of the molecule is CCOC(=O)c1ccc(Nc2ccc(OC)cc2C)nc1. The molecule has 0 saturated heterocycles. The summed E-state index contributed by atoms with van der Waals surface area (Å²) >= 11 is 0. The van der Waals surface area contributed by atoms with Gasteiger partial charge in [-0.25, -0.2) is 9.78 Å². The van der Waals surface area contributed by atoms with Gasteiger partial charge in [-0.15, -0.1) is 0 Å². The van der Waals surface area contributed by atoms with E-state index in [2.05, 4.69) is 10.3 Å². The number of hydrogen-bond acceptors (Lipinski definition) is 5. The predicted molar refractivity (Wildman–Crippen MR) is 81.2 cm³/mol. The quantitative estimate of drug-likeness (QED) is 0.854. The first-order valence-electron chi connectivity index (χ1n) is 6.69. The highest BCUT2D eigenvalue weighted by molar-refractivity contribution is 5.89. The van der Waals surface area contributed by atoms with Gasteiger partial charge >= 0.3 is 5.97 Å². The van der Waals surface area contributed by atoms with Crippen molar-refractivity contribution in [2.45, 2.75) is 13.8 Å².